The number of carbonyl (C=O) groups excluding carboxylic acids is 1. The molecular formula is C9H13NO2S. The lowest BCUT2D eigenvalue weighted by molar-refractivity contribution is 0.0704. The molecule has 1 rings (SSSR count). The van der Waals surface area contributed by atoms with Crippen LogP contribution in [0.5, 0.6) is 0 Å². The van der Waals surface area contributed by atoms with Crippen LogP contribution in [0.3, 0.4) is 0 Å². The van der Waals surface area contributed by atoms with E-state index in [1.54, 1.807) is 25.4 Å². The maximum absolute atomic E-state index is 11.6. The Morgan fingerprint density at radius 2 is 2.46 bits per heavy atom. The number of rotatable bonds is 3. The summed E-state index contributed by atoms with van der Waals surface area (Å²) < 4.78 is 0. The summed E-state index contributed by atoms with van der Waals surface area (Å²) in [5.74, 6) is -0.0397. The highest BCUT2D eigenvalue weighted by atomic mass is 32.1. The molecule has 1 N–H and O–H groups in total. The van der Waals surface area contributed by atoms with Crippen LogP contribution in [0, 0.1) is 0 Å². The van der Waals surface area contributed by atoms with Crippen molar-refractivity contribution in [2.45, 2.75) is 13.0 Å². The van der Waals surface area contributed by atoms with Crippen molar-refractivity contribution in [3.05, 3.63) is 22.4 Å². The molecule has 1 atom stereocenters. The maximum atomic E-state index is 11.6. The summed E-state index contributed by atoms with van der Waals surface area (Å²) in [7, 11) is 1.69. The second-order valence-corrected chi connectivity index (χ2v) is 3.83. The summed E-state index contributed by atoms with van der Waals surface area (Å²) in [6.45, 7) is 2.03. The number of aliphatic hydroxyl groups excluding tert-OH is 1. The molecule has 1 aromatic heterocycles. The standard InChI is InChI=1S/C9H13NO2S/c1-7(11)5-10(2)9(12)8-3-4-13-6-8/h3-4,6-7,11H,5H2,1-2H3. The van der Waals surface area contributed by atoms with Gasteiger partial charge >= 0.3 is 0 Å². The van der Waals surface area contributed by atoms with Gasteiger partial charge in [-0.3, -0.25) is 4.79 Å². The van der Waals surface area contributed by atoms with E-state index in [1.165, 1.54) is 16.2 Å². The summed E-state index contributed by atoms with van der Waals surface area (Å²) in [6.07, 6.45) is -0.479. The molecule has 1 aromatic rings. The molecule has 0 saturated carbocycles. The van der Waals surface area contributed by atoms with Crippen molar-refractivity contribution >= 4 is 17.2 Å². The van der Waals surface area contributed by atoms with Gasteiger partial charge in [0, 0.05) is 19.0 Å². The maximum Gasteiger partial charge on any atom is 0.254 e. The van der Waals surface area contributed by atoms with Gasteiger partial charge < -0.3 is 10.0 Å². The highest BCUT2D eigenvalue weighted by molar-refractivity contribution is 7.08. The molecule has 4 heteroatoms. The van der Waals surface area contributed by atoms with Gasteiger partial charge in [-0.15, -0.1) is 0 Å². The van der Waals surface area contributed by atoms with Gasteiger partial charge in [-0.2, -0.15) is 11.3 Å². The summed E-state index contributed by atoms with van der Waals surface area (Å²) in [5, 5.41) is 12.7. The third kappa shape index (κ3) is 2.82. The zero-order valence-electron chi connectivity index (χ0n) is 7.73. The van der Waals surface area contributed by atoms with Crippen molar-refractivity contribution in [1.29, 1.82) is 0 Å². The van der Waals surface area contributed by atoms with E-state index in [2.05, 4.69) is 0 Å². The Balaban J connectivity index is 2.58. The second kappa shape index (κ2) is 4.39. The van der Waals surface area contributed by atoms with Gasteiger partial charge in [-0.25, -0.2) is 0 Å². The summed E-state index contributed by atoms with van der Waals surface area (Å²) in [5.41, 5.74) is 0.688. The SMILES string of the molecule is CC(O)CN(C)C(=O)c1ccsc1. The average Bonchev–Trinajstić information content (AvgIpc) is 2.53. The van der Waals surface area contributed by atoms with Crippen LogP contribution in [-0.4, -0.2) is 35.6 Å². The Labute approximate surface area is 81.6 Å². The average molecular weight is 199 g/mol. The first-order valence-corrected chi connectivity index (χ1v) is 5.01. The number of aliphatic hydroxyl groups is 1. The molecule has 0 saturated heterocycles. The van der Waals surface area contributed by atoms with Crippen LogP contribution in [0.15, 0.2) is 16.8 Å². The molecule has 1 amide bonds. The Hall–Kier alpha value is -0.870. The molecule has 13 heavy (non-hydrogen) atoms. The minimum absolute atomic E-state index is 0.0397. The molecule has 0 aliphatic rings. The zero-order chi connectivity index (χ0) is 9.84. The number of amides is 1. The fraction of sp³-hybridized carbons (Fsp3) is 0.444. The minimum atomic E-state index is -0.479. The van der Waals surface area contributed by atoms with Crippen LogP contribution in [0.25, 0.3) is 0 Å². The van der Waals surface area contributed by atoms with Crippen LogP contribution < -0.4 is 0 Å². The Bertz CT molecular complexity index is 269. The molecule has 1 unspecified atom stereocenters. The molecule has 72 valence electrons. The van der Waals surface area contributed by atoms with Crippen molar-refractivity contribution in [1.82, 2.24) is 4.90 Å². The van der Waals surface area contributed by atoms with Gasteiger partial charge in [0.15, 0.2) is 0 Å². The first kappa shape index (κ1) is 10.2. The first-order valence-electron chi connectivity index (χ1n) is 4.07. The number of likely N-dealkylation sites (N-methyl/N-ethyl adjacent to an activating group) is 1. The third-order valence-electron chi connectivity index (χ3n) is 1.65. The van der Waals surface area contributed by atoms with Crippen LogP contribution in [0.4, 0.5) is 0 Å². The topological polar surface area (TPSA) is 40.5 Å². The van der Waals surface area contributed by atoms with Crippen molar-refractivity contribution in [2.75, 3.05) is 13.6 Å². The normalized spacial score (nSPS) is 12.5. The number of hydrogen-bond donors (Lipinski definition) is 1. The van der Waals surface area contributed by atoms with Crippen LogP contribution in [0.2, 0.25) is 0 Å². The number of carbonyl (C=O) groups is 1. The van der Waals surface area contributed by atoms with Gasteiger partial charge in [0.2, 0.25) is 0 Å². The molecule has 0 bridgehead atoms. The first-order chi connectivity index (χ1) is 6.11. The summed E-state index contributed by atoms with van der Waals surface area (Å²) in [6, 6.07) is 1.78. The van der Waals surface area contributed by atoms with E-state index in [4.69, 9.17) is 5.11 Å². The monoisotopic (exact) mass is 199 g/mol. The molecule has 0 aliphatic heterocycles. The smallest absolute Gasteiger partial charge is 0.254 e. The predicted molar refractivity (Wildman–Crippen MR) is 53.0 cm³/mol. The van der Waals surface area contributed by atoms with Gasteiger partial charge in [-0.1, -0.05) is 0 Å². The Morgan fingerprint density at radius 1 is 1.77 bits per heavy atom. The van der Waals surface area contributed by atoms with Gasteiger partial charge in [0.05, 0.1) is 11.7 Å². The highest BCUT2D eigenvalue weighted by Gasteiger charge is 2.12. The molecular weight excluding hydrogens is 186 g/mol. The van der Waals surface area contributed by atoms with Crippen molar-refractivity contribution in [3.8, 4) is 0 Å². The molecule has 0 aromatic carbocycles. The Kier molecular flexibility index (Phi) is 3.45. The van der Waals surface area contributed by atoms with E-state index < -0.39 is 6.10 Å². The van der Waals surface area contributed by atoms with E-state index in [1.807, 2.05) is 5.38 Å². The van der Waals surface area contributed by atoms with Gasteiger partial charge in [0.1, 0.15) is 0 Å². The minimum Gasteiger partial charge on any atom is -0.392 e. The fourth-order valence-corrected chi connectivity index (χ4v) is 1.72. The number of thiophene rings is 1. The largest absolute Gasteiger partial charge is 0.392 e. The predicted octanol–water partition coefficient (Wildman–Crippen LogP) is 1.20. The van der Waals surface area contributed by atoms with E-state index >= 15 is 0 Å². The van der Waals surface area contributed by atoms with Gasteiger partial charge in [-0.05, 0) is 18.4 Å². The fourth-order valence-electron chi connectivity index (χ4n) is 1.09. The molecule has 0 spiro atoms. The molecule has 0 radical (unpaired) electrons. The lowest BCUT2D eigenvalue weighted by Gasteiger charge is -2.17. The quantitative estimate of drug-likeness (QED) is 0.794. The molecule has 3 nitrogen and oxygen atoms in total. The number of nitrogens with zero attached hydrogens (tertiary/aromatic N) is 1. The third-order valence-corrected chi connectivity index (χ3v) is 2.34. The van der Waals surface area contributed by atoms with E-state index in [0.29, 0.717) is 12.1 Å². The molecule has 0 aliphatic carbocycles. The summed E-state index contributed by atoms with van der Waals surface area (Å²) in [4.78, 5) is 13.1. The molecule has 0 fully saturated rings. The summed E-state index contributed by atoms with van der Waals surface area (Å²) >= 11 is 1.49. The van der Waals surface area contributed by atoms with Crippen LogP contribution >= 0.6 is 11.3 Å². The lowest BCUT2D eigenvalue weighted by atomic mass is 10.3. The van der Waals surface area contributed by atoms with Crippen LogP contribution in [0.1, 0.15) is 17.3 Å². The highest BCUT2D eigenvalue weighted by Crippen LogP contribution is 2.08. The van der Waals surface area contributed by atoms with E-state index in [0.717, 1.165) is 0 Å². The lowest BCUT2D eigenvalue weighted by Crippen LogP contribution is -2.32. The molecule has 1 heterocycles. The van der Waals surface area contributed by atoms with Crippen molar-refractivity contribution in [3.63, 3.8) is 0 Å². The van der Waals surface area contributed by atoms with E-state index in [-0.39, 0.29) is 5.91 Å². The van der Waals surface area contributed by atoms with Crippen molar-refractivity contribution < 1.29 is 9.90 Å². The zero-order valence-corrected chi connectivity index (χ0v) is 8.54. The van der Waals surface area contributed by atoms with Crippen LogP contribution in [-0.2, 0) is 0 Å². The Morgan fingerprint density at radius 3 is 2.92 bits per heavy atom. The number of hydrogen-bond acceptors (Lipinski definition) is 3. The van der Waals surface area contributed by atoms with E-state index in [9.17, 15) is 4.79 Å². The second-order valence-electron chi connectivity index (χ2n) is 3.05. The van der Waals surface area contributed by atoms with Crippen molar-refractivity contribution in [2.24, 2.45) is 0 Å². The van der Waals surface area contributed by atoms with Gasteiger partial charge in [0.25, 0.3) is 5.91 Å².